The molecule has 100 valence electrons. The van der Waals surface area contributed by atoms with Crippen LogP contribution in [0.4, 0.5) is 8.78 Å². The third-order valence-electron chi connectivity index (χ3n) is 2.77. The standard InChI is InChI=1S/C13H12BrF2N3/c14-9-4-2-6-18-13(9)11(19-17)7-8-3-1-5-10(15)12(8)16/h1-6,11,19H,7,17H2. The first-order chi connectivity index (χ1) is 9.13. The van der Waals surface area contributed by atoms with E-state index in [0.717, 1.165) is 10.5 Å². The average molecular weight is 328 g/mol. The van der Waals surface area contributed by atoms with Gasteiger partial charge in [0.05, 0.1) is 11.7 Å². The third-order valence-corrected chi connectivity index (χ3v) is 3.44. The summed E-state index contributed by atoms with van der Waals surface area (Å²) in [7, 11) is 0. The largest absolute Gasteiger partial charge is 0.271 e. The van der Waals surface area contributed by atoms with Gasteiger partial charge in [-0.25, -0.2) is 8.78 Å². The fourth-order valence-corrected chi connectivity index (χ4v) is 2.35. The van der Waals surface area contributed by atoms with Crippen LogP contribution in [-0.2, 0) is 6.42 Å². The van der Waals surface area contributed by atoms with Crippen molar-refractivity contribution < 1.29 is 8.78 Å². The van der Waals surface area contributed by atoms with Crippen LogP contribution >= 0.6 is 15.9 Å². The van der Waals surface area contributed by atoms with Crippen molar-refractivity contribution in [2.24, 2.45) is 5.84 Å². The molecule has 1 aromatic heterocycles. The van der Waals surface area contributed by atoms with E-state index in [1.165, 1.54) is 12.1 Å². The highest BCUT2D eigenvalue weighted by Gasteiger charge is 2.18. The maximum atomic E-state index is 13.6. The summed E-state index contributed by atoms with van der Waals surface area (Å²) in [6.07, 6.45) is 1.82. The summed E-state index contributed by atoms with van der Waals surface area (Å²) in [5.41, 5.74) is 3.47. The van der Waals surface area contributed by atoms with Crippen molar-refractivity contribution in [3.8, 4) is 0 Å². The minimum absolute atomic E-state index is 0.204. The molecule has 0 spiro atoms. The maximum absolute atomic E-state index is 13.6. The van der Waals surface area contributed by atoms with Crippen LogP contribution in [0, 0.1) is 11.6 Å². The summed E-state index contributed by atoms with van der Waals surface area (Å²) >= 11 is 3.36. The molecule has 1 unspecified atom stereocenters. The molecule has 0 saturated carbocycles. The number of nitrogens with two attached hydrogens (primary N) is 1. The molecule has 2 rings (SSSR count). The van der Waals surface area contributed by atoms with Crippen LogP contribution in [0.25, 0.3) is 0 Å². The second-order valence-corrected chi connectivity index (χ2v) is 4.86. The molecule has 0 bridgehead atoms. The van der Waals surface area contributed by atoms with Gasteiger partial charge in [0.25, 0.3) is 0 Å². The Morgan fingerprint density at radius 1 is 1.26 bits per heavy atom. The van der Waals surface area contributed by atoms with Gasteiger partial charge in [0, 0.05) is 10.7 Å². The Bertz CT molecular complexity index is 578. The van der Waals surface area contributed by atoms with Crippen molar-refractivity contribution in [1.82, 2.24) is 10.4 Å². The van der Waals surface area contributed by atoms with Crippen molar-refractivity contribution in [2.75, 3.05) is 0 Å². The lowest BCUT2D eigenvalue weighted by atomic mass is 10.0. The van der Waals surface area contributed by atoms with E-state index in [1.807, 2.05) is 6.07 Å². The number of nitrogens with zero attached hydrogens (tertiary/aromatic N) is 1. The number of hydrogen-bond acceptors (Lipinski definition) is 3. The van der Waals surface area contributed by atoms with Gasteiger partial charge in [0.2, 0.25) is 0 Å². The van der Waals surface area contributed by atoms with Gasteiger partial charge in [0.15, 0.2) is 11.6 Å². The summed E-state index contributed by atoms with van der Waals surface area (Å²) in [6.45, 7) is 0. The van der Waals surface area contributed by atoms with E-state index in [2.05, 4.69) is 26.3 Å². The molecule has 3 nitrogen and oxygen atoms in total. The molecule has 19 heavy (non-hydrogen) atoms. The summed E-state index contributed by atoms with van der Waals surface area (Å²) < 4.78 is 27.6. The molecule has 0 radical (unpaired) electrons. The second kappa shape index (κ2) is 6.18. The number of halogens is 3. The molecule has 0 amide bonds. The molecule has 0 saturated heterocycles. The van der Waals surface area contributed by atoms with Crippen LogP contribution in [0.3, 0.4) is 0 Å². The van der Waals surface area contributed by atoms with Crippen LogP contribution in [0.1, 0.15) is 17.3 Å². The smallest absolute Gasteiger partial charge is 0.162 e. The summed E-state index contributed by atoms with van der Waals surface area (Å²) in [5.74, 6) is 3.76. The van der Waals surface area contributed by atoms with Gasteiger partial charge < -0.3 is 0 Å². The molecule has 1 aromatic carbocycles. The Labute approximate surface area is 117 Å². The first kappa shape index (κ1) is 14.0. The minimum Gasteiger partial charge on any atom is -0.271 e. The maximum Gasteiger partial charge on any atom is 0.162 e. The fraction of sp³-hybridized carbons (Fsp3) is 0.154. The highest BCUT2D eigenvalue weighted by Crippen LogP contribution is 2.24. The van der Waals surface area contributed by atoms with Gasteiger partial charge in [0.1, 0.15) is 0 Å². The topological polar surface area (TPSA) is 50.9 Å². The van der Waals surface area contributed by atoms with Gasteiger partial charge in [-0.05, 0) is 46.1 Å². The normalized spacial score (nSPS) is 12.4. The minimum atomic E-state index is -0.867. The molecular formula is C13H12BrF2N3. The quantitative estimate of drug-likeness (QED) is 0.670. The fourth-order valence-electron chi connectivity index (χ4n) is 1.81. The van der Waals surface area contributed by atoms with Gasteiger partial charge in [-0.3, -0.25) is 16.3 Å². The summed E-state index contributed by atoms with van der Waals surface area (Å²) in [4.78, 5) is 4.19. The van der Waals surface area contributed by atoms with Crippen molar-refractivity contribution in [1.29, 1.82) is 0 Å². The van der Waals surface area contributed by atoms with E-state index in [0.29, 0.717) is 5.69 Å². The Kier molecular flexibility index (Phi) is 4.57. The third kappa shape index (κ3) is 3.15. The van der Waals surface area contributed by atoms with E-state index < -0.39 is 17.7 Å². The number of hydrazine groups is 1. The Balaban J connectivity index is 2.30. The molecule has 0 aliphatic carbocycles. The zero-order chi connectivity index (χ0) is 13.8. The predicted molar refractivity (Wildman–Crippen MR) is 72.1 cm³/mol. The molecular weight excluding hydrogens is 316 g/mol. The number of aromatic nitrogens is 1. The van der Waals surface area contributed by atoms with E-state index in [1.54, 1.807) is 12.3 Å². The van der Waals surface area contributed by atoms with Gasteiger partial charge >= 0.3 is 0 Å². The highest BCUT2D eigenvalue weighted by molar-refractivity contribution is 9.10. The predicted octanol–water partition coefficient (Wildman–Crippen LogP) is 2.87. The van der Waals surface area contributed by atoms with Crippen molar-refractivity contribution >= 4 is 15.9 Å². The van der Waals surface area contributed by atoms with Crippen molar-refractivity contribution in [3.05, 3.63) is 63.9 Å². The zero-order valence-electron chi connectivity index (χ0n) is 9.91. The lowest BCUT2D eigenvalue weighted by molar-refractivity contribution is 0.477. The average Bonchev–Trinajstić information content (AvgIpc) is 2.41. The first-order valence-electron chi connectivity index (χ1n) is 5.63. The lowest BCUT2D eigenvalue weighted by Gasteiger charge is -2.17. The van der Waals surface area contributed by atoms with E-state index in [4.69, 9.17) is 5.84 Å². The number of pyridine rings is 1. The molecule has 1 heterocycles. The van der Waals surface area contributed by atoms with Crippen molar-refractivity contribution in [3.63, 3.8) is 0 Å². The zero-order valence-corrected chi connectivity index (χ0v) is 11.5. The Morgan fingerprint density at radius 2 is 2.05 bits per heavy atom. The van der Waals surface area contributed by atoms with Gasteiger partial charge in [-0.2, -0.15) is 0 Å². The number of rotatable bonds is 4. The SMILES string of the molecule is NNC(Cc1cccc(F)c1F)c1ncccc1Br. The molecule has 0 fully saturated rings. The Morgan fingerprint density at radius 3 is 2.74 bits per heavy atom. The second-order valence-electron chi connectivity index (χ2n) is 4.01. The molecule has 2 aromatic rings. The molecule has 0 aliphatic heterocycles. The number of hydrogen-bond donors (Lipinski definition) is 2. The van der Waals surface area contributed by atoms with Crippen LogP contribution < -0.4 is 11.3 Å². The number of benzene rings is 1. The molecule has 0 aliphatic rings. The van der Waals surface area contributed by atoms with Crippen LogP contribution in [0.5, 0.6) is 0 Å². The van der Waals surface area contributed by atoms with Crippen LogP contribution in [-0.4, -0.2) is 4.98 Å². The molecule has 6 heteroatoms. The van der Waals surface area contributed by atoms with E-state index in [9.17, 15) is 8.78 Å². The Hall–Kier alpha value is -1.37. The van der Waals surface area contributed by atoms with Crippen molar-refractivity contribution in [2.45, 2.75) is 12.5 Å². The van der Waals surface area contributed by atoms with Gasteiger partial charge in [-0.1, -0.05) is 12.1 Å². The lowest BCUT2D eigenvalue weighted by Crippen LogP contribution is -2.30. The van der Waals surface area contributed by atoms with Crippen LogP contribution in [0.2, 0.25) is 0 Å². The van der Waals surface area contributed by atoms with Crippen LogP contribution in [0.15, 0.2) is 41.0 Å². The van der Waals surface area contributed by atoms with E-state index in [-0.39, 0.29) is 12.0 Å². The summed E-state index contributed by atoms with van der Waals surface area (Å²) in [6, 6.07) is 7.25. The first-order valence-corrected chi connectivity index (χ1v) is 6.42. The van der Waals surface area contributed by atoms with E-state index >= 15 is 0 Å². The summed E-state index contributed by atoms with van der Waals surface area (Å²) in [5, 5.41) is 0. The van der Waals surface area contributed by atoms with Gasteiger partial charge in [-0.15, -0.1) is 0 Å². The molecule has 1 atom stereocenters. The molecule has 3 N–H and O–H groups in total. The highest BCUT2D eigenvalue weighted by atomic mass is 79.9. The number of nitrogens with one attached hydrogen (secondary N) is 1. The monoisotopic (exact) mass is 327 g/mol.